The molecule has 4 nitrogen and oxygen atoms in total. The van der Waals surface area contributed by atoms with E-state index in [2.05, 4.69) is 21.2 Å². The molecule has 0 aromatic heterocycles. The summed E-state index contributed by atoms with van der Waals surface area (Å²) in [7, 11) is 0. The molecule has 0 aliphatic rings. The lowest BCUT2D eigenvalue weighted by Gasteiger charge is -2.10. The third-order valence-electron chi connectivity index (χ3n) is 2.74. The zero-order valence-corrected chi connectivity index (χ0v) is 13.0. The molecule has 1 N–H and O–H groups in total. The van der Waals surface area contributed by atoms with E-state index in [1.54, 1.807) is 30.3 Å². The lowest BCUT2D eigenvalue weighted by atomic mass is 10.1. The van der Waals surface area contributed by atoms with Gasteiger partial charge in [0.15, 0.2) is 12.4 Å². The second kappa shape index (κ2) is 7.04. The Hall–Kier alpha value is -2.14. The molecule has 0 atom stereocenters. The van der Waals surface area contributed by atoms with Crippen molar-refractivity contribution in [3.05, 3.63) is 58.6 Å². The van der Waals surface area contributed by atoms with Gasteiger partial charge >= 0.3 is 0 Å². The minimum Gasteiger partial charge on any atom is -0.483 e. The quantitative estimate of drug-likeness (QED) is 0.839. The number of rotatable bonds is 5. The van der Waals surface area contributed by atoms with Gasteiger partial charge in [0.05, 0.1) is 5.56 Å². The predicted molar refractivity (Wildman–Crippen MR) is 84.7 cm³/mol. The molecule has 0 bridgehead atoms. The fourth-order valence-electron chi connectivity index (χ4n) is 1.77. The Morgan fingerprint density at radius 3 is 2.52 bits per heavy atom. The Kier molecular flexibility index (Phi) is 5.11. The SMILES string of the molecule is CC(=O)c1cc(Br)ccc1OCC(=O)Nc1ccccc1. The average Bonchev–Trinajstić information content (AvgIpc) is 2.47. The van der Waals surface area contributed by atoms with Crippen molar-refractivity contribution in [2.24, 2.45) is 0 Å². The summed E-state index contributed by atoms with van der Waals surface area (Å²) in [5.41, 5.74) is 1.14. The van der Waals surface area contributed by atoms with Gasteiger partial charge in [-0.25, -0.2) is 0 Å². The van der Waals surface area contributed by atoms with Gasteiger partial charge in [-0.3, -0.25) is 9.59 Å². The van der Waals surface area contributed by atoms with Gasteiger partial charge in [0.25, 0.3) is 5.91 Å². The van der Waals surface area contributed by atoms with Gasteiger partial charge in [-0.05, 0) is 37.3 Å². The second-order valence-corrected chi connectivity index (χ2v) is 5.32. The van der Waals surface area contributed by atoms with Crippen LogP contribution >= 0.6 is 15.9 Å². The molecule has 2 aromatic carbocycles. The first-order chi connectivity index (χ1) is 10.1. The van der Waals surface area contributed by atoms with E-state index in [9.17, 15) is 9.59 Å². The van der Waals surface area contributed by atoms with Crippen LogP contribution in [0.4, 0.5) is 5.69 Å². The van der Waals surface area contributed by atoms with Crippen molar-refractivity contribution >= 4 is 33.3 Å². The van der Waals surface area contributed by atoms with Crippen molar-refractivity contribution in [3.63, 3.8) is 0 Å². The standard InChI is InChI=1S/C16H14BrNO3/c1-11(19)14-9-12(17)7-8-15(14)21-10-16(20)18-13-5-3-2-4-6-13/h2-9H,10H2,1H3,(H,18,20). The van der Waals surface area contributed by atoms with Crippen molar-refractivity contribution in [3.8, 4) is 5.75 Å². The highest BCUT2D eigenvalue weighted by molar-refractivity contribution is 9.10. The lowest BCUT2D eigenvalue weighted by molar-refractivity contribution is -0.118. The third-order valence-corrected chi connectivity index (χ3v) is 3.23. The first kappa shape index (κ1) is 15.3. The molecule has 2 aromatic rings. The van der Waals surface area contributed by atoms with Crippen molar-refractivity contribution in [1.82, 2.24) is 0 Å². The van der Waals surface area contributed by atoms with Crippen molar-refractivity contribution in [2.75, 3.05) is 11.9 Å². The maximum absolute atomic E-state index is 11.8. The Labute approximate surface area is 131 Å². The van der Waals surface area contributed by atoms with Gasteiger partial charge in [0.1, 0.15) is 5.75 Å². The van der Waals surface area contributed by atoms with E-state index in [4.69, 9.17) is 4.74 Å². The number of carbonyl (C=O) groups is 2. The highest BCUT2D eigenvalue weighted by atomic mass is 79.9. The highest BCUT2D eigenvalue weighted by Gasteiger charge is 2.11. The van der Waals surface area contributed by atoms with Gasteiger partial charge in [-0.2, -0.15) is 0 Å². The summed E-state index contributed by atoms with van der Waals surface area (Å²) in [6.45, 7) is 1.30. The number of ketones is 1. The van der Waals surface area contributed by atoms with Gasteiger partial charge in [-0.15, -0.1) is 0 Å². The zero-order valence-electron chi connectivity index (χ0n) is 11.4. The van der Waals surface area contributed by atoms with E-state index < -0.39 is 0 Å². The number of amides is 1. The van der Waals surface area contributed by atoms with E-state index in [0.717, 1.165) is 4.47 Å². The highest BCUT2D eigenvalue weighted by Crippen LogP contribution is 2.23. The smallest absolute Gasteiger partial charge is 0.262 e. The minimum absolute atomic E-state index is 0.116. The van der Waals surface area contributed by atoms with Gasteiger partial charge in [0.2, 0.25) is 0 Å². The minimum atomic E-state index is -0.279. The van der Waals surface area contributed by atoms with Crippen molar-refractivity contribution in [2.45, 2.75) is 6.92 Å². The summed E-state index contributed by atoms with van der Waals surface area (Å²) in [5, 5.41) is 2.71. The molecular weight excluding hydrogens is 334 g/mol. The molecule has 5 heteroatoms. The van der Waals surface area contributed by atoms with Crippen LogP contribution in [0.25, 0.3) is 0 Å². The van der Waals surface area contributed by atoms with Crippen LogP contribution in [0.2, 0.25) is 0 Å². The molecule has 0 fully saturated rings. The number of anilines is 1. The van der Waals surface area contributed by atoms with E-state index in [-0.39, 0.29) is 18.3 Å². The Balaban J connectivity index is 2.00. The Morgan fingerprint density at radius 2 is 1.86 bits per heavy atom. The third kappa shape index (κ3) is 4.43. The van der Waals surface area contributed by atoms with Crippen molar-refractivity contribution < 1.29 is 14.3 Å². The summed E-state index contributed by atoms with van der Waals surface area (Å²) in [5.74, 6) is 0.00213. The fraction of sp³-hybridized carbons (Fsp3) is 0.125. The Bertz CT molecular complexity index is 656. The van der Waals surface area contributed by atoms with Crippen LogP contribution in [-0.2, 0) is 4.79 Å². The molecule has 0 radical (unpaired) electrons. The van der Waals surface area contributed by atoms with Gasteiger partial charge < -0.3 is 10.1 Å². The number of Topliss-reactive ketones (excluding diaryl/α,β-unsaturated/α-hetero) is 1. The molecule has 0 heterocycles. The topological polar surface area (TPSA) is 55.4 Å². The maximum atomic E-state index is 11.8. The number of ether oxygens (including phenoxy) is 1. The molecule has 0 aliphatic heterocycles. The molecule has 1 amide bonds. The van der Waals surface area contributed by atoms with Crippen LogP contribution in [0.15, 0.2) is 53.0 Å². The van der Waals surface area contributed by atoms with Crippen LogP contribution in [-0.4, -0.2) is 18.3 Å². The summed E-state index contributed by atoms with van der Waals surface area (Å²) in [6, 6.07) is 14.2. The molecule has 0 unspecified atom stereocenters. The van der Waals surface area contributed by atoms with Crippen LogP contribution in [0.1, 0.15) is 17.3 Å². The lowest BCUT2D eigenvalue weighted by Crippen LogP contribution is -2.20. The van der Waals surface area contributed by atoms with Crippen LogP contribution in [0.5, 0.6) is 5.75 Å². The molecule has 0 aliphatic carbocycles. The van der Waals surface area contributed by atoms with Gasteiger partial charge in [-0.1, -0.05) is 34.1 Å². The van der Waals surface area contributed by atoms with E-state index in [1.165, 1.54) is 6.92 Å². The molecule has 0 saturated heterocycles. The molecule has 0 spiro atoms. The number of hydrogen-bond donors (Lipinski definition) is 1. The number of hydrogen-bond acceptors (Lipinski definition) is 3. The molecular formula is C16H14BrNO3. The number of halogens is 1. The number of benzene rings is 2. The normalized spacial score (nSPS) is 10.0. The first-order valence-electron chi connectivity index (χ1n) is 6.34. The van der Waals surface area contributed by atoms with Crippen LogP contribution in [0, 0.1) is 0 Å². The largest absolute Gasteiger partial charge is 0.483 e. The number of carbonyl (C=O) groups excluding carboxylic acids is 2. The van der Waals surface area contributed by atoms with E-state index >= 15 is 0 Å². The predicted octanol–water partition coefficient (Wildman–Crippen LogP) is 3.67. The van der Waals surface area contributed by atoms with Gasteiger partial charge in [0, 0.05) is 10.2 Å². The first-order valence-corrected chi connectivity index (χ1v) is 7.14. The average molecular weight is 348 g/mol. The molecule has 108 valence electrons. The summed E-state index contributed by atoms with van der Waals surface area (Å²) in [4.78, 5) is 23.4. The van der Waals surface area contributed by atoms with Crippen LogP contribution in [0.3, 0.4) is 0 Å². The molecule has 2 rings (SSSR count). The molecule has 21 heavy (non-hydrogen) atoms. The maximum Gasteiger partial charge on any atom is 0.262 e. The molecule has 0 saturated carbocycles. The Morgan fingerprint density at radius 1 is 1.14 bits per heavy atom. The van der Waals surface area contributed by atoms with E-state index in [1.807, 2.05) is 18.2 Å². The van der Waals surface area contributed by atoms with Crippen molar-refractivity contribution in [1.29, 1.82) is 0 Å². The van der Waals surface area contributed by atoms with E-state index in [0.29, 0.717) is 17.0 Å². The summed E-state index contributed by atoms with van der Waals surface area (Å²) >= 11 is 3.30. The second-order valence-electron chi connectivity index (χ2n) is 4.40. The fourth-order valence-corrected chi connectivity index (χ4v) is 2.13. The zero-order chi connectivity index (χ0) is 15.2. The summed E-state index contributed by atoms with van der Waals surface area (Å²) < 4.78 is 6.22. The van der Waals surface area contributed by atoms with Crippen LogP contribution < -0.4 is 10.1 Å². The number of nitrogens with one attached hydrogen (secondary N) is 1. The monoisotopic (exact) mass is 347 g/mol. The number of para-hydroxylation sites is 1. The summed E-state index contributed by atoms with van der Waals surface area (Å²) in [6.07, 6.45) is 0.